The van der Waals surface area contributed by atoms with Gasteiger partial charge < -0.3 is 14.7 Å². The summed E-state index contributed by atoms with van der Waals surface area (Å²) in [6, 6.07) is 21.1. The van der Waals surface area contributed by atoms with Crippen molar-refractivity contribution in [1.82, 2.24) is 24.8 Å². The molecule has 7 rings (SSSR count). The molecule has 3 aromatic heterocycles. The van der Waals surface area contributed by atoms with Crippen molar-refractivity contribution >= 4 is 17.0 Å². The summed E-state index contributed by atoms with van der Waals surface area (Å²) in [6.07, 6.45) is 0.183. The number of carbonyl (C=O) groups is 1. The van der Waals surface area contributed by atoms with Crippen molar-refractivity contribution < 1.29 is 28.3 Å². The fourth-order valence-corrected chi connectivity index (χ4v) is 5.43. The number of nitrogens with one attached hydrogen (secondary N) is 1. The molecule has 6 aromatic rings. The van der Waals surface area contributed by atoms with Crippen LogP contribution in [0.15, 0.2) is 80.7 Å². The van der Waals surface area contributed by atoms with Crippen LogP contribution < -0.4 is 15.4 Å². The minimum atomic E-state index is -0.676. The Kier molecular flexibility index (Phi) is 6.46. The van der Waals surface area contributed by atoms with E-state index in [1.165, 1.54) is 0 Å². The first-order valence-corrected chi connectivity index (χ1v) is 13.7. The van der Waals surface area contributed by atoms with Crippen LogP contribution in [0.2, 0.25) is 0 Å². The maximum Gasteiger partial charge on any atom is 0.439 e. The first-order chi connectivity index (χ1) is 21.0. The SMILES string of the molecule is CCOc1nc2cccc(C(=O)OC3CCc4c3no[n+]4[O-])c2n1Cc1ccc(-c2ccccc2-c2noc(=O)[nH]2)cc1. The zero-order chi connectivity index (χ0) is 29.5. The average Bonchev–Trinajstić information content (AvgIpc) is 3.80. The van der Waals surface area contributed by atoms with Gasteiger partial charge in [0, 0.05) is 23.6 Å². The van der Waals surface area contributed by atoms with Gasteiger partial charge in [-0.1, -0.05) is 59.8 Å². The van der Waals surface area contributed by atoms with Gasteiger partial charge in [0.15, 0.2) is 11.9 Å². The molecular formula is C30H24N6O7. The molecule has 13 nitrogen and oxygen atoms in total. The minimum absolute atomic E-state index is 0.315. The maximum absolute atomic E-state index is 13.5. The summed E-state index contributed by atoms with van der Waals surface area (Å²) >= 11 is 0. The fourth-order valence-electron chi connectivity index (χ4n) is 5.43. The van der Waals surface area contributed by atoms with E-state index < -0.39 is 17.8 Å². The summed E-state index contributed by atoms with van der Waals surface area (Å²) in [5, 5.41) is 19.4. The van der Waals surface area contributed by atoms with Crippen molar-refractivity contribution in [2.24, 2.45) is 0 Å². The Morgan fingerprint density at radius 1 is 1.09 bits per heavy atom. The van der Waals surface area contributed by atoms with E-state index in [2.05, 4.69) is 24.9 Å². The molecule has 0 bridgehead atoms. The number of esters is 1. The lowest BCUT2D eigenvalue weighted by Crippen LogP contribution is -2.27. The second-order valence-electron chi connectivity index (χ2n) is 9.97. The highest BCUT2D eigenvalue weighted by Gasteiger charge is 2.38. The molecule has 0 radical (unpaired) electrons. The number of aromatic amines is 1. The van der Waals surface area contributed by atoms with Gasteiger partial charge in [0.05, 0.1) is 29.7 Å². The van der Waals surface area contributed by atoms with Crippen molar-refractivity contribution in [3.05, 3.63) is 105 Å². The molecule has 0 saturated carbocycles. The highest BCUT2D eigenvalue weighted by atomic mass is 16.8. The molecule has 13 heteroatoms. The zero-order valence-electron chi connectivity index (χ0n) is 22.9. The number of imidazole rings is 1. The van der Waals surface area contributed by atoms with Crippen molar-refractivity contribution in [3.63, 3.8) is 0 Å². The smallest absolute Gasteiger partial charge is 0.439 e. The van der Waals surface area contributed by atoms with Gasteiger partial charge in [0.2, 0.25) is 5.69 Å². The van der Waals surface area contributed by atoms with Crippen molar-refractivity contribution in [3.8, 4) is 28.5 Å². The number of carbonyl (C=O) groups excluding carboxylic acids is 1. The number of aromatic nitrogens is 6. The summed E-state index contributed by atoms with van der Waals surface area (Å²) in [5.74, 6) is -0.839. The number of para-hydroxylation sites is 1. The predicted molar refractivity (Wildman–Crippen MR) is 150 cm³/mol. The summed E-state index contributed by atoms with van der Waals surface area (Å²) in [4.78, 5) is 32.6. The van der Waals surface area contributed by atoms with Crippen LogP contribution in [0.3, 0.4) is 0 Å². The van der Waals surface area contributed by atoms with Crippen molar-refractivity contribution in [2.75, 3.05) is 6.61 Å². The molecule has 0 amide bonds. The molecular weight excluding hydrogens is 556 g/mol. The van der Waals surface area contributed by atoms with Crippen LogP contribution in [-0.2, 0) is 17.7 Å². The molecule has 1 atom stereocenters. The number of benzene rings is 3. The predicted octanol–water partition coefficient (Wildman–Crippen LogP) is 3.96. The Hall–Kier alpha value is -5.72. The second-order valence-corrected chi connectivity index (χ2v) is 9.97. The fraction of sp³-hybridized carbons (Fsp3) is 0.200. The van der Waals surface area contributed by atoms with Gasteiger partial charge >= 0.3 is 11.7 Å². The Morgan fingerprint density at radius 3 is 2.67 bits per heavy atom. The Morgan fingerprint density at radius 2 is 1.91 bits per heavy atom. The Bertz CT molecular complexity index is 2020. The summed E-state index contributed by atoms with van der Waals surface area (Å²) in [5.41, 5.74) is 5.63. The number of hydrogen-bond donors (Lipinski definition) is 1. The highest BCUT2D eigenvalue weighted by molar-refractivity contribution is 6.02. The number of nitrogens with zero attached hydrogens (tertiary/aromatic N) is 5. The standard InChI is InChI=1S/C30H24N6O7/c1-2-40-29-31-22-9-5-8-21(28(37)41-24-15-14-23-25(24)33-43-36(23)39)26(22)35(29)16-17-10-12-18(13-11-17)19-6-3-4-7-20(19)27-32-30(38)42-34-27/h3-13,24H,2,14-16H2,1H3,(H,32,34,38). The van der Waals surface area contributed by atoms with Gasteiger partial charge in [-0.3, -0.25) is 18.7 Å². The molecule has 3 aromatic carbocycles. The van der Waals surface area contributed by atoms with Gasteiger partial charge in [-0.2, -0.15) is 4.98 Å². The largest absolute Gasteiger partial charge is 0.465 e. The summed E-state index contributed by atoms with van der Waals surface area (Å²) in [7, 11) is 0. The first-order valence-electron chi connectivity index (χ1n) is 13.7. The van der Waals surface area contributed by atoms with Gasteiger partial charge in [-0.05, 0) is 40.6 Å². The Balaban J connectivity index is 1.21. The van der Waals surface area contributed by atoms with E-state index in [-0.39, 0.29) is 0 Å². The van der Waals surface area contributed by atoms with Gasteiger partial charge in [-0.25, -0.2) is 9.59 Å². The third kappa shape index (κ3) is 4.70. The molecule has 43 heavy (non-hydrogen) atoms. The molecule has 0 spiro atoms. The molecule has 1 aliphatic carbocycles. The molecule has 1 N–H and O–H groups in total. The molecule has 0 saturated heterocycles. The highest BCUT2D eigenvalue weighted by Crippen LogP contribution is 2.34. The molecule has 0 fully saturated rings. The van der Waals surface area contributed by atoms with Gasteiger partial charge in [0.1, 0.15) is 0 Å². The molecule has 3 heterocycles. The van der Waals surface area contributed by atoms with E-state index in [1.807, 2.05) is 66.1 Å². The molecule has 1 aliphatic rings. The number of rotatable bonds is 8. The molecule has 0 aliphatic heterocycles. The van der Waals surface area contributed by atoms with Crippen LogP contribution in [0, 0.1) is 5.21 Å². The van der Waals surface area contributed by atoms with Crippen molar-refractivity contribution in [1.29, 1.82) is 0 Å². The van der Waals surface area contributed by atoms with Crippen LogP contribution in [0.5, 0.6) is 6.01 Å². The van der Waals surface area contributed by atoms with Crippen molar-refractivity contribution in [2.45, 2.75) is 32.4 Å². The minimum Gasteiger partial charge on any atom is -0.465 e. The van der Waals surface area contributed by atoms with E-state index in [0.717, 1.165) is 22.3 Å². The normalized spacial score (nSPS) is 14.2. The van der Waals surface area contributed by atoms with Gasteiger partial charge in [0.25, 0.3) is 11.7 Å². The number of fused-ring (bicyclic) bond motifs is 2. The van der Waals surface area contributed by atoms with Crippen LogP contribution >= 0.6 is 0 Å². The van der Waals surface area contributed by atoms with Crippen LogP contribution in [-0.4, -0.2) is 37.4 Å². The van der Waals surface area contributed by atoms with E-state index in [1.54, 1.807) is 12.1 Å². The Labute approximate surface area is 242 Å². The first kappa shape index (κ1) is 26.2. The van der Waals surface area contributed by atoms with Gasteiger partial charge in [-0.15, -0.1) is 0 Å². The van der Waals surface area contributed by atoms with Crippen LogP contribution in [0.1, 0.15) is 46.8 Å². The lowest BCUT2D eigenvalue weighted by molar-refractivity contribution is -0.807. The maximum atomic E-state index is 13.5. The lowest BCUT2D eigenvalue weighted by Gasteiger charge is -2.14. The topological polar surface area (TPSA) is 165 Å². The lowest BCUT2D eigenvalue weighted by atomic mass is 9.98. The third-order valence-electron chi connectivity index (χ3n) is 7.38. The van der Waals surface area contributed by atoms with E-state index in [0.29, 0.717) is 70.7 Å². The summed E-state index contributed by atoms with van der Waals surface area (Å²) < 4.78 is 22.9. The number of ether oxygens (including phenoxy) is 2. The second kappa shape index (κ2) is 10.6. The van der Waals surface area contributed by atoms with Crippen LogP contribution in [0.4, 0.5) is 0 Å². The number of H-pyrrole nitrogens is 1. The summed E-state index contributed by atoms with van der Waals surface area (Å²) in [6.45, 7) is 2.61. The molecule has 216 valence electrons. The third-order valence-corrected chi connectivity index (χ3v) is 7.38. The van der Waals surface area contributed by atoms with E-state index in [4.69, 9.17) is 14.0 Å². The monoisotopic (exact) mass is 580 g/mol. The van der Waals surface area contributed by atoms with Crippen LogP contribution in [0.25, 0.3) is 33.5 Å². The number of hydrogen-bond acceptors (Lipinski definition) is 10. The quantitative estimate of drug-likeness (QED) is 0.206. The molecule has 1 unspecified atom stereocenters. The zero-order valence-corrected chi connectivity index (χ0v) is 22.9. The van der Waals surface area contributed by atoms with E-state index >= 15 is 0 Å². The van der Waals surface area contributed by atoms with E-state index in [9.17, 15) is 14.8 Å². The average molecular weight is 581 g/mol.